The van der Waals surface area contributed by atoms with Crippen LogP contribution in [0, 0.1) is 12.8 Å². The molecule has 0 bridgehead atoms. The van der Waals surface area contributed by atoms with Gasteiger partial charge in [-0.25, -0.2) is 0 Å². The van der Waals surface area contributed by atoms with Gasteiger partial charge in [-0.3, -0.25) is 14.6 Å². The summed E-state index contributed by atoms with van der Waals surface area (Å²) in [5, 5.41) is 2.81. The average molecular weight is 309 g/mol. The summed E-state index contributed by atoms with van der Waals surface area (Å²) < 4.78 is 0. The number of hydrogen-bond acceptors (Lipinski definition) is 3. The fraction of sp³-hybridized carbons (Fsp3) is 0.278. The summed E-state index contributed by atoms with van der Waals surface area (Å²) >= 11 is 0. The molecule has 1 saturated heterocycles. The molecular formula is C18H19N3O2. The molecule has 5 nitrogen and oxygen atoms in total. The molecule has 2 heterocycles. The summed E-state index contributed by atoms with van der Waals surface area (Å²) in [7, 11) is 0. The van der Waals surface area contributed by atoms with Crippen LogP contribution in [-0.2, 0) is 16.1 Å². The smallest absolute Gasteiger partial charge is 0.239 e. The number of aryl methyl sites for hydroxylation is 1. The van der Waals surface area contributed by atoms with Crippen molar-refractivity contribution in [3.05, 3.63) is 59.9 Å². The molecule has 0 spiro atoms. The number of benzene rings is 1. The van der Waals surface area contributed by atoms with Gasteiger partial charge in [-0.1, -0.05) is 24.3 Å². The lowest BCUT2D eigenvalue weighted by Gasteiger charge is -2.19. The van der Waals surface area contributed by atoms with Gasteiger partial charge in [-0.2, -0.15) is 0 Å². The molecule has 3 rings (SSSR count). The lowest BCUT2D eigenvalue weighted by Crippen LogP contribution is -2.36. The molecule has 23 heavy (non-hydrogen) atoms. The highest BCUT2D eigenvalue weighted by Gasteiger charge is 2.37. The number of pyridine rings is 1. The zero-order valence-corrected chi connectivity index (χ0v) is 13.0. The third kappa shape index (κ3) is 3.23. The van der Waals surface area contributed by atoms with Crippen molar-refractivity contribution in [2.24, 2.45) is 5.92 Å². The van der Waals surface area contributed by atoms with Crippen LogP contribution in [0.4, 0.5) is 5.69 Å². The number of nitrogens with one attached hydrogen (secondary N) is 1. The Kier molecular flexibility index (Phi) is 4.37. The molecule has 0 aliphatic carbocycles. The van der Waals surface area contributed by atoms with Crippen molar-refractivity contribution < 1.29 is 9.59 Å². The molecule has 0 unspecified atom stereocenters. The van der Waals surface area contributed by atoms with Crippen LogP contribution in [0.5, 0.6) is 0 Å². The van der Waals surface area contributed by atoms with E-state index in [4.69, 9.17) is 0 Å². The molecule has 5 heteroatoms. The first-order valence-corrected chi connectivity index (χ1v) is 7.71. The molecule has 118 valence electrons. The van der Waals surface area contributed by atoms with Gasteiger partial charge in [0.25, 0.3) is 0 Å². The summed E-state index contributed by atoms with van der Waals surface area (Å²) in [5.41, 5.74) is 2.70. The van der Waals surface area contributed by atoms with E-state index in [2.05, 4.69) is 10.3 Å². The van der Waals surface area contributed by atoms with Crippen LogP contribution >= 0.6 is 0 Å². The van der Waals surface area contributed by atoms with E-state index >= 15 is 0 Å². The van der Waals surface area contributed by atoms with Gasteiger partial charge in [0.2, 0.25) is 11.8 Å². The lowest BCUT2D eigenvalue weighted by molar-refractivity contribution is -0.132. The second kappa shape index (κ2) is 6.60. The first kappa shape index (κ1) is 15.2. The van der Waals surface area contributed by atoms with E-state index < -0.39 is 5.92 Å². The monoisotopic (exact) mass is 309 g/mol. The first-order valence-electron chi connectivity index (χ1n) is 7.71. The maximum Gasteiger partial charge on any atom is 0.239 e. The molecule has 1 fully saturated rings. The molecule has 1 aliphatic rings. The van der Waals surface area contributed by atoms with Gasteiger partial charge in [-0.15, -0.1) is 0 Å². The molecule has 1 aliphatic heterocycles. The quantitative estimate of drug-likeness (QED) is 0.879. The number of carbonyl (C=O) groups is 2. The van der Waals surface area contributed by atoms with E-state index in [1.807, 2.05) is 49.4 Å². The third-order valence-electron chi connectivity index (χ3n) is 4.10. The highest BCUT2D eigenvalue weighted by molar-refractivity contribution is 6.09. The molecule has 1 aromatic heterocycles. The van der Waals surface area contributed by atoms with E-state index in [0.29, 0.717) is 19.5 Å². The van der Waals surface area contributed by atoms with Crippen molar-refractivity contribution in [3.63, 3.8) is 0 Å². The molecule has 1 aromatic carbocycles. The second-order valence-electron chi connectivity index (χ2n) is 5.66. The SMILES string of the molecule is Cc1ccccc1N1CC[C@@H](C(=O)NCc2ccccn2)C1=O. The zero-order chi connectivity index (χ0) is 16.2. The van der Waals surface area contributed by atoms with Gasteiger partial charge in [0.1, 0.15) is 5.92 Å². The summed E-state index contributed by atoms with van der Waals surface area (Å²) in [4.78, 5) is 30.7. The van der Waals surface area contributed by atoms with Crippen LogP contribution in [0.1, 0.15) is 17.7 Å². The second-order valence-corrected chi connectivity index (χ2v) is 5.66. The van der Waals surface area contributed by atoms with Gasteiger partial charge in [0.15, 0.2) is 0 Å². The van der Waals surface area contributed by atoms with E-state index in [0.717, 1.165) is 16.9 Å². The number of carbonyl (C=O) groups excluding carboxylic acids is 2. The Morgan fingerprint density at radius 1 is 1.26 bits per heavy atom. The molecule has 1 N–H and O–H groups in total. The molecule has 1 atom stereocenters. The fourth-order valence-electron chi connectivity index (χ4n) is 2.83. The topological polar surface area (TPSA) is 62.3 Å². The van der Waals surface area contributed by atoms with Gasteiger partial charge >= 0.3 is 0 Å². The minimum absolute atomic E-state index is 0.127. The van der Waals surface area contributed by atoms with E-state index in [-0.39, 0.29) is 11.8 Å². The Labute approximate surface area is 135 Å². The van der Waals surface area contributed by atoms with Crippen molar-refractivity contribution in [1.82, 2.24) is 10.3 Å². The van der Waals surface area contributed by atoms with Crippen LogP contribution < -0.4 is 10.2 Å². The predicted molar refractivity (Wildman–Crippen MR) is 87.7 cm³/mol. The normalized spacial score (nSPS) is 17.3. The number of nitrogens with zero attached hydrogens (tertiary/aromatic N) is 2. The van der Waals surface area contributed by atoms with E-state index in [9.17, 15) is 9.59 Å². The standard InChI is InChI=1S/C18H19N3O2/c1-13-6-2-3-8-16(13)21-11-9-15(18(21)23)17(22)20-12-14-7-4-5-10-19-14/h2-8,10,15H,9,11-12H2,1H3,(H,20,22)/t15-/m0/s1. The summed E-state index contributed by atoms with van der Waals surface area (Å²) in [6, 6.07) is 13.3. The molecule has 0 saturated carbocycles. The molecule has 2 aromatic rings. The zero-order valence-electron chi connectivity index (χ0n) is 13.0. The third-order valence-corrected chi connectivity index (χ3v) is 4.10. The summed E-state index contributed by atoms with van der Waals surface area (Å²) in [6.07, 6.45) is 2.23. The predicted octanol–water partition coefficient (Wildman–Crippen LogP) is 2.06. The number of rotatable bonds is 4. The van der Waals surface area contributed by atoms with Crippen molar-refractivity contribution >= 4 is 17.5 Å². The highest BCUT2D eigenvalue weighted by Crippen LogP contribution is 2.27. The summed E-state index contributed by atoms with van der Waals surface area (Å²) in [5.74, 6) is -0.965. The van der Waals surface area contributed by atoms with Crippen LogP contribution in [0.15, 0.2) is 48.7 Å². The lowest BCUT2D eigenvalue weighted by atomic mass is 10.1. The van der Waals surface area contributed by atoms with Crippen molar-refractivity contribution in [3.8, 4) is 0 Å². The minimum atomic E-state index is -0.613. The molecule has 2 amide bonds. The molecule has 0 radical (unpaired) electrons. The van der Waals surface area contributed by atoms with Crippen LogP contribution in [0.2, 0.25) is 0 Å². The maximum atomic E-state index is 12.6. The summed E-state index contributed by atoms with van der Waals surface area (Å²) in [6.45, 7) is 2.89. The van der Waals surface area contributed by atoms with Crippen LogP contribution in [-0.4, -0.2) is 23.3 Å². The number of hydrogen-bond donors (Lipinski definition) is 1. The Bertz CT molecular complexity index is 715. The molecular weight excluding hydrogens is 290 g/mol. The number of aromatic nitrogens is 1. The number of anilines is 1. The van der Waals surface area contributed by atoms with Gasteiger partial charge < -0.3 is 10.2 Å². The first-order chi connectivity index (χ1) is 11.2. The Morgan fingerprint density at radius 3 is 2.78 bits per heavy atom. The Morgan fingerprint density at radius 2 is 2.04 bits per heavy atom. The van der Waals surface area contributed by atoms with Crippen LogP contribution in [0.25, 0.3) is 0 Å². The van der Waals surface area contributed by atoms with Crippen molar-refractivity contribution in [2.45, 2.75) is 19.9 Å². The van der Waals surface area contributed by atoms with Crippen molar-refractivity contribution in [2.75, 3.05) is 11.4 Å². The Hall–Kier alpha value is -2.69. The van der Waals surface area contributed by atoms with Gasteiger partial charge in [-0.05, 0) is 37.1 Å². The fourth-order valence-corrected chi connectivity index (χ4v) is 2.83. The van der Waals surface area contributed by atoms with Crippen LogP contribution in [0.3, 0.4) is 0 Å². The maximum absolute atomic E-state index is 12.6. The minimum Gasteiger partial charge on any atom is -0.350 e. The van der Waals surface area contributed by atoms with Crippen molar-refractivity contribution in [1.29, 1.82) is 0 Å². The average Bonchev–Trinajstić information content (AvgIpc) is 2.95. The van der Waals surface area contributed by atoms with Gasteiger partial charge in [0.05, 0.1) is 12.2 Å². The van der Waals surface area contributed by atoms with E-state index in [1.165, 1.54) is 0 Å². The highest BCUT2D eigenvalue weighted by atomic mass is 16.2. The number of para-hydroxylation sites is 1. The van der Waals surface area contributed by atoms with Gasteiger partial charge in [0, 0.05) is 18.4 Å². The largest absolute Gasteiger partial charge is 0.350 e. The number of amides is 2. The van der Waals surface area contributed by atoms with E-state index in [1.54, 1.807) is 11.1 Å². The Balaban J connectivity index is 1.65.